The molecule has 1 saturated heterocycles. The minimum Gasteiger partial charge on any atom is -0.314 e. The second-order valence-corrected chi connectivity index (χ2v) is 4.68. The van der Waals surface area contributed by atoms with E-state index in [1.54, 1.807) is 0 Å². The van der Waals surface area contributed by atoms with Crippen molar-refractivity contribution in [2.75, 3.05) is 6.54 Å². The van der Waals surface area contributed by atoms with Gasteiger partial charge in [-0.1, -0.05) is 6.42 Å². The summed E-state index contributed by atoms with van der Waals surface area (Å²) in [6.07, 6.45) is 2.10. The molecule has 1 unspecified atom stereocenters. The fraction of sp³-hybridized carbons (Fsp3) is 0.538. The van der Waals surface area contributed by atoms with Crippen LogP contribution in [0.2, 0.25) is 0 Å². The van der Waals surface area contributed by atoms with Crippen LogP contribution in [-0.2, 0) is 5.92 Å². The highest BCUT2D eigenvalue weighted by molar-refractivity contribution is 5.23. The molecule has 0 spiro atoms. The van der Waals surface area contributed by atoms with Crippen LogP contribution in [0.25, 0.3) is 0 Å². The number of hydrogen-bond donors (Lipinski definition) is 1. The van der Waals surface area contributed by atoms with Gasteiger partial charge in [0.2, 0.25) is 0 Å². The maximum absolute atomic E-state index is 13.9. The smallest absolute Gasteiger partial charge is 0.277 e. The van der Waals surface area contributed by atoms with Crippen molar-refractivity contribution < 1.29 is 17.6 Å². The van der Waals surface area contributed by atoms with Crippen LogP contribution in [0.4, 0.5) is 17.6 Å². The zero-order chi connectivity index (χ0) is 13.2. The third-order valence-electron chi connectivity index (χ3n) is 3.24. The highest BCUT2D eigenvalue weighted by Crippen LogP contribution is 2.36. The number of nitrogens with one attached hydrogen (secondary N) is 1. The predicted molar refractivity (Wildman–Crippen MR) is 60.5 cm³/mol. The average Bonchev–Trinajstić information content (AvgIpc) is 2.29. The monoisotopic (exact) mass is 261 g/mol. The molecule has 1 N–H and O–H groups in total. The Labute approximate surface area is 103 Å². The van der Waals surface area contributed by atoms with E-state index in [1.807, 2.05) is 0 Å². The van der Waals surface area contributed by atoms with Gasteiger partial charge in [-0.2, -0.15) is 0 Å². The molecule has 0 aromatic heterocycles. The summed E-state index contributed by atoms with van der Waals surface area (Å²) in [6.45, 7) is 0.715. The van der Waals surface area contributed by atoms with Crippen molar-refractivity contribution in [3.8, 4) is 0 Å². The van der Waals surface area contributed by atoms with Gasteiger partial charge in [-0.25, -0.2) is 17.6 Å². The zero-order valence-corrected chi connectivity index (χ0v) is 9.86. The summed E-state index contributed by atoms with van der Waals surface area (Å²) in [7, 11) is 0. The van der Waals surface area contributed by atoms with Gasteiger partial charge in [0.25, 0.3) is 5.92 Å². The van der Waals surface area contributed by atoms with Crippen LogP contribution >= 0.6 is 0 Å². The van der Waals surface area contributed by atoms with Crippen LogP contribution < -0.4 is 5.32 Å². The maximum Gasteiger partial charge on any atom is 0.277 e. The molecule has 0 saturated carbocycles. The van der Waals surface area contributed by atoms with E-state index < -0.39 is 29.5 Å². The second kappa shape index (κ2) is 5.26. The first-order valence-electron chi connectivity index (χ1n) is 6.06. The molecule has 0 amide bonds. The standard InChI is InChI=1S/C13H15F4N/c14-9-4-5-11(12(15)7-9)13(16,17)8-10-3-1-2-6-18-10/h4-5,7,10,18H,1-3,6,8H2. The van der Waals surface area contributed by atoms with Crippen LogP contribution in [0.5, 0.6) is 0 Å². The number of hydrogen-bond acceptors (Lipinski definition) is 1. The van der Waals surface area contributed by atoms with E-state index in [2.05, 4.69) is 5.32 Å². The number of benzene rings is 1. The van der Waals surface area contributed by atoms with Gasteiger partial charge in [0.15, 0.2) is 0 Å². The van der Waals surface area contributed by atoms with Crippen molar-refractivity contribution in [3.63, 3.8) is 0 Å². The van der Waals surface area contributed by atoms with Gasteiger partial charge in [-0.15, -0.1) is 0 Å². The van der Waals surface area contributed by atoms with Gasteiger partial charge in [-0.3, -0.25) is 0 Å². The molecule has 0 aliphatic carbocycles. The van der Waals surface area contributed by atoms with Crippen molar-refractivity contribution >= 4 is 0 Å². The van der Waals surface area contributed by atoms with Crippen molar-refractivity contribution in [1.82, 2.24) is 5.32 Å². The number of alkyl halides is 2. The van der Waals surface area contributed by atoms with Crippen LogP contribution in [0.3, 0.4) is 0 Å². The lowest BCUT2D eigenvalue weighted by Crippen LogP contribution is -2.38. The molecule has 0 bridgehead atoms. The summed E-state index contributed by atoms with van der Waals surface area (Å²) in [5.74, 6) is -5.30. The van der Waals surface area contributed by atoms with Crippen LogP contribution in [-0.4, -0.2) is 12.6 Å². The molecule has 1 heterocycles. The van der Waals surface area contributed by atoms with Crippen molar-refractivity contribution in [2.24, 2.45) is 0 Å². The van der Waals surface area contributed by atoms with E-state index in [0.29, 0.717) is 19.0 Å². The third-order valence-corrected chi connectivity index (χ3v) is 3.24. The van der Waals surface area contributed by atoms with Crippen molar-refractivity contribution in [1.29, 1.82) is 0 Å². The Morgan fingerprint density at radius 2 is 2.00 bits per heavy atom. The largest absolute Gasteiger partial charge is 0.314 e. The highest BCUT2D eigenvalue weighted by atomic mass is 19.3. The summed E-state index contributed by atoms with van der Waals surface area (Å²) >= 11 is 0. The van der Waals surface area contributed by atoms with Crippen molar-refractivity contribution in [2.45, 2.75) is 37.6 Å². The minimum absolute atomic E-state index is 0.307. The summed E-state index contributed by atoms with van der Waals surface area (Å²) in [5, 5.41) is 3.00. The molecule has 18 heavy (non-hydrogen) atoms. The van der Waals surface area contributed by atoms with Gasteiger partial charge >= 0.3 is 0 Å². The van der Waals surface area contributed by atoms with E-state index in [4.69, 9.17) is 0 Å². The SMILES string of the molecule is Fc1ccc(C(F)(F)CC2CCCCN2)c(F)c1. The molecule has 1 nitrogen and oxygen atoms in total. The molecule has 1 fully saturated rings. The molecule has 5 heteroatoms. The highest BCUT2D eigenvalue weighted by Gasteiger charge is 2.37. The van der Waals surface area contributed by atoms with Crippen molar-refractivity contribution in [3.05, 3.63) is 35.4 Å². The quantitative estimate of drug-likeness (QED) is 0.820. The normalized spacial score (nSPS) is 21.0. The first-order valence-corrected chi connectivity index (χ1v) is 6.06. The van der Waals surface area contributed by atoms with E-state index >= 15 is 0 Å². The summed E-state index contributed by atoms with van der Waals surface area (Å²) in [5.41, 5.74) is -0.726. The Balaban J connectivity index is 2.13. The fourth-order valence-electron chi connectivity index (χ4n) is 2.30. The molecule has 1 aromatic carbocycles. The topological polar surface area (TPSA) is 12.0 Å². The number of piperidine rings is 1. The predicted octanol–water partition coefficient (Wildman–Crippen LogP) is 3.59. The van der Waals surface area contributed by atoms with E-state index in [0.717, 1.165) is 25.0 Å². The molecule has 1 aromatic rings. The van der Waals surface area contributed by atoms with E-state index in [-0.39, 0.29) is 6.04 Å². The van der Waals surface area contributed by atoms with Gasteiger partial charge in [-0.05, 0) is 31.5 Å². The molecule has 1 aliphatic rings. The minimum atomic E-state index is -3.27. The maximum atomic E-state index is 13.9. The van der Waals surface area contributed by atoms with Gasteiger partial charge in [0, 0.05) is 18.5 Å². The lowest BCUT2D eigenvalue weighted by Gasteiger charge is -2.27. The summed E-state index contributed by atoms with van der Waals surface area (Å²) in [6, 6.07) is 1.88. The van der Waals surface area contributed by atoms with Crippen LogP contribution in [0.1, 0.15) is 31.2 Å². The Morgan fingerprint density at radius 1 is 1.22 bits per heavy atom. The average molecular weight is 261 g/mol. The first kappa shape index (κ1) is 13.3. The fourth-order valence-corrected chi connectivity index (χ4v) is 2.30. The Hall–Kier alpha value is -1.10. The van der Waals surface area contributed by atoms with Gasteiger partial charge < -0.3 is 5.32 Å². The molecule has 1 aliphatic heterocycles. The Kier molecular flexibility index (Phi) is 3.90. The second-order valence-electron chi connectivity index (χ2n) is 4.68. The third kappa shape index (κ3) is 3.02. The number of rotatable bonds is 3. The summed E-state index contributed by atoms with van der Waals surface area (Å²) < 4.78 is 53.9. The van der Waals surface area contributed by atoms with E-state index in [9.17, 15) is 17.6 Å². The lowest BCUT2D eigenvalue weighted by atomic mass is 9.95. The molecule has 100 valence electrons. The van der Waals surface area contributed by atoms with Crippen LogP contribution in [0, 0.1) is 11.6 Å². The van der Waals surface area contributed by atoms with Gasteiger partial charge in [0.05, 0.1) is 5.56 Å². The summed E-state index contributed by atoms with van der Waals surface area (Å²) in [4.78, 5) is 0. The molecule has 1 atom stereocenters. The van der Waals surface area contributed by atoms with E-state index in [1.165, 1.54) is 0 Å². The molecular formula is C13H15F4N. The molecular weight excluding hydrogens is 246 g/mol. The lowest BCUT2D eigenvalue weighted by molar-refractivity contribution is -0.0285. The molecule has 0 radical (unpaired) electrons. The van der Waals surface area contributed by atoms with Crippen LogP contribution in [0.15, 0.2) is 18.2 Å². The Morgan fingerprint density at radius 3 is 2.61 bits per heavy atom. The Bertz CT molecular complexity index is 413. The van der Waals surface area contributed by atoms with Gasteiger partial charge in [0.1, 0.15) is 11.6 Å². The first-order chi connectivity index (χ1) is 8.49. The molecule has 2 rings (SSSR count). The zero-order valence-electron chi connectivity index (χ0n) is 9.86. The number of halogens is 4.